The fourth-order valence-corrected chi connectivity index (χ4v) is 1.80. The van der Waals surface area contributed by atoms with Gasteiger partial charge >= 0.3 is 0 Å². The second-order valence-electron chi connectivity index (χ2n) is 4.19. The third kappa shape index (κ3) is 1.74. The summed E-state index contributed by atoms with van der Waals surface area (Å²) in [5, 5.41) is 3.60. The average molecular weight is 209 g/mol. The maximum atomic E-state index is 12.0. The van der Waals surface area contributed by atoms with E-state index in [0.29, 0.717) is 24.8 Å². The molecule has 0 saturated carbocycles. The van der Waals surface area contributed by atoms with E-state index in [4.69, 9.17) is 10.3 Å². The number of amides is 1. The zero-order valence-electron chi connectivity index (χ0n) is 8.93. The molecule has 1 amide bonds. The lowest BCUT2D eigenvalue weighted by molar-refractivity contribution is 0.0744. The number of carbonyl (C=O) groups is 1. The molecule has 1 saturated heterocycles. The van der Waals surface area contributed by atoms with Crippen molar-refractivity contribution in [2.45, 2.75) is 19.9 Å². The molecule has 1 aliphatic heterocycles. The number of rotatable bonds is 1. The third-order valence-electron chi connectivity index (χ3n) is 2.90. The second-order valence-corrected chi connectivity index (χ2v) is 4.19. The summed E-state index contributed by atoms with van der Waals surface area (Å²) in [5.41, 5.74) is 6.63. The van der Waals surface area contributed by atoms with Crippen LogP contribution in [-0.4, -0.2) is 35.1 Å². The van der Waals surface area contributed by atoms with Gasteiger partial charge < -0.3 is 15.2 Å². The summed E-state index contributed by atoms with van der Waals surface area (Å²) in [6, 6.07) is 0.0668. The number of aryl methyl sites for hydroxylation is 1. The lowest BCUT2D eigenvalue weighted by Gasteiger charge is -2.13. The van der Waals surface area contributed by atoms with Crippen molar-refractivity contribution < 1.29 is 9.32 Å². The highest BCUT2D eigenvalue weighted by molar-refractivity contribution is 5.92. The van der Waals surface area contributed by atoms with E-state index in [2.05, 4.69) is 5.16 Å². The van der Waals surface area contributed by atoms with Gasteiger partial charge in [0, 0.05) is 24.7 Å². The highest BCUT2D eigenvalue weighted by Gasteiger charge is 2.32. The van der Waals surface area contributed by atoms with Gasteiger partial charge in [-0.15, -0.1) is 0 Å². The molecule has 1 fully saturated rings. The lowest BCUT2D eigenvalue weighted by Crippen LogP contribution is -2.32. The van der Waals surface area contributed by atoms with E-state index in [9.17, 15) is 4.79 Å². The maximum absolute atomic E-state index is 12.0. The predicted molar refractivity (Wildman–Crippen MR) is 54.3 cm³/mol. The fraction of sp³-hybridized carbons (Fsp3) is 0.600. The Morgan fingerprint density at radius 2 is 2.40 bits per heavy atom. The topological polar surface area (TPSA) is 72.4 Å². The second kappa shape index (κ2) is 3.66. The molecule has 0 radical (unpaired) electrons. The minimum Gasteiger partial charge on any atom is -0.351 e. The van der Waals surface area contributed by atoms with E-state index in [0.717, 1.165) is 5.56 Å². The van der Waals surface area contributed by atoms with Crippen molar-refractivity contribution in [3.05, 3.63) is 17.5 Å². The van der Waals surface area contributed by atoms with Gasteiger partial charge in [-0.1, -0.05) is 12.1 Å². The molecule has 0 spiro atoms. The Labute approximate surface area is 88.2 Å². The Morgan fingerprint density at radius 3 is 2.87 bits per heavy atom. The zero-order chi connectivity index (χ0) is 11.0. The molecule has 2 heterocycles. The van der Waals surface area contributed by atoms with E-state index >= 15 is 0 Å². The molecule has 2 N–H and O–H groups in total. The van der Waals surface area contributed by atoms with E-state index in [1.54, 1.807) is 11.1 Å². The number of carbonyl (C=O) groups excluding carboxylic acids is 1. The van der Waals surface area contributed by atoms with Crippen molar-refractivity contribution in [1.29, 1.82) is 0 Å². The molecule has 2 rings (SSSR count). The molecular formula is C10H15N3O2. The minimum absolute atomic E-state index is 0.0668. The van der Waals surface area contributed by atoms with Gasteiger partial charge in [0.05, 0.1) is 6.20 Å². The number of nitrogens with two attached hydrogens (primary N) is 1. The number of hydrogen-bond acceptors (Lipinski definition) is 4. The van der Waals surface area contributed by atoms with Gasteiger partial charge in [-0.3, -0.25) is 4.79 Å². The van der Waals surface area contributed by atoms with Crippen molar-refractivity contribution >= 4 is 5.91 Å². The maximum Gasteiger partial charge on any atom is 0.292 e. The van der Waals surface area contributed by atoms with Gasteiger partial charge in [-0.05, 0) is 12.8 Å². The van der Waals surface area contributed by atoms with Gasteiger partial charge in [-0.25, -0.2) is 0 Å². The SMILES string of the molecule is Cc1cnoc1C(=O)N1CC(C)C(N)C1. The van der Waals surface area contributed by atoms with Crippen LogP contribution in [0, 0.1) is 12.8 Å². The van der Waals surface area contributed by atoms with E-state index < -0.39 is 0 Å². The van der Waals surface area contributed by atoms with Crippen LogP contribution in [0.2, 0.25) is 0 Å². The quantitative estimate of drug-likeness (QED) is 0.726. The molecule has 0 aliphatic carbocycles. The highest BCUT2D eigenvalue weighted by Crippen LogP contribution is 2.18. The number of likely N-dealkylation sites (tertiary alicyclic amines) is 1. The molecular weight excluding hydrogens is 194 g/mol. The Kier molecular flexibility index (Phi) is 2.48. The monoisotopic (exact) mass is 209 g/mol. The van der Waals surface area contributed by atoms with Crippen LogP contribution >= 0.6 is 0 Å². The number of hydrogen-bond donors (Lipinski definition) is 1. The van der Waals surface area contributed by atoms with E-state index in [-0.39, 0.29) is 11.9 Å². The number of aromatic nitrogens is 1. The minimum atomic E-state index is -0.107. The highest BCUT2D eigenvalue weighted by atomic mass is 16.5. The van der Waals surface area contributed by atoms with Crippen molar-refractivity contribution in [3.63, 3.8) is 0 Å². The van der Waals surface area contributed by atoms with Crippen LogP contribution in [0.4, 0.5) is 0 Å². The Morgan fingerprint density at radius 1 is 1.67 bits per heavy atom. The molecule has 2 unspecified atom stereocenters. The normalized spacial score (nSPS) is 25.9. The first-order valence-electron chi connectivity index (χ1n) is 5.05. The van der Waals surface area contributed by atoms with Gasteiger partial charge in [0.25, 0.3) is 5.91 Å². The first-order chi connectivity index (χ1) is 7.09. The molecule has 2 atom stereocenters. The molecule has 0 bridgehead atoms. The standard InChI is InChI=1S/C10H15N3O2/c1-6-3-12-15-9(6)10(14)13-4-7(2)8(11)5-13/h3,7-8H,4-5,11H2,1-2H3. The van der Waals surface area contributed by atoms with Crippen LogP contribution in [0.25, 0.3) is 0 Å². The Bertz CT molecular complexity index is 364. The van der Waals surface area contributed by atoms with Gasteiger partial charge in [0.15, 0.2) is 0 Å². The van der Waals surface area contributed by atoms with Gasteiger partial charge in [0.2, 0.25) is 5.76 Å². The molecule has 0 aromatic carbocycles. The molecule has 15 heavy (non-hydrogen) atoms. The van der Waals surface area contributed by atoms with E-state index in [1.807, 2.05) is 13.8 Å². The van der Waals surface area contributed by atoms with E-state index in [1.165, 1.54) is 0 Å². The smallest absolute Gasteiger partial charge is 0.292 e. The predicted octanol–water partition coefficient (Wildman–Crippen LogP) is 0.402. The van der Waals surface area contributed by atoms with Crippen LogP contribution in [0.5, 0.6) is 0 Å². The molecule has 1 aliphatic rings. The summed E-state index contributed by atoms with van der Waals surface area (Å²) in [7, 11) is 0. The Balaban J connectivity index is 2.13. The zero-order valence-corrected chi connectivity index (χ0v) is 8.93. The van der Waals surface area contributed by atoms with Crippen molar-refractivity contribution in [1.82, 2.24) is 10.1 Å². The summed E-state index contributed by atoms with van der Waals surface area (Å²) in [6.45, 7) is 5.15. The fourth-order valence-electron chi connectivity index (χ4n) is 1.80. The number of nitrogens with zero attached hydrogens (tertiary/aromatic N) is 2. The van der Waals surface area contributed by atoms with Crippen molar-refractivity contribution in [2.75, 3.05) is 13.1 Å². The molecule has 5 nitrogen and oxygen atoms in total. The van der Waals surface area contributed by atoms with Gasteiger partial charge in [-0.2, -0.15) is 0 Å². The van der Waals surface area contributed by atoms with Crippen molar-refractivity contribution in [2.24, 2.45) is 11.7 Å². The summed E-state index contributed by atoms with van der Waals surface area (Å²) < 4.78 is 4.93. The first kappa shape index (κ1) is 10.2. The van der Waals surface area contributed by atoms with Crippen LogP contribution in [0.15, 0.2) is 10.7 Å². The summed E-state index contributed by atoms with van der Waals surface area (Å²) in [6.07, 6.45) is 1.55. The summed E-state index contributed by atoms with van der Waals surface area (Å²) >= 11 is 0. The Hall–Kier alpha value is -1.36. The van der Waals surface area contributed by atoms with Crippen molar-refractivity contribution in [3.8, 4) is 0 Å². The lowest BCUT2D eigenvalue weighted by atomic mass is 10.1. The molecule has 82 valence electrons. The van der Waals surface area contributed by atoms with Crippen LogP contribution < -0.4 is 5.73 Å². The molecule has 1 aromatic rings. The van der Waals surface area contributed by atoms with Crippen LogP contribution in [-0.2, 0) is 0 Å². The molecule has 5 heteroatoms. The largest absolute Gasteiger partial charge is 0.351 e. The summed E-state index contributed by atoms with van der Waals surface area (Å²) in [5.74, 6) is 0.568. The third-order valence-corrected chi connectivity index (χ3v) is 2.90. The average Bonchev–Trinajstić information content (AvgIpc) is 2.74. The van der Waals surface area contributed by atoms with Crippen LogP contribution in [0.1, 0.15) is 23.0 Å². The summed E-state index contributed by atoms with van der Waals surface area (Å²) in [4.78, 5) is 13.7. The first-order valence-corrected chi connectivity index (χ1v) is 5.05. The molecule has 1 aromatic heterocycles. The van der Waals surface area contributed by atoms with Gasteiger partial charge in [0.1, 0.15) is 0 Å². The van der Waals surface area contributed by atoms with Crippen LogP contribution in [0.3, 0.4) is 0 Å².